The first-order valence-corrected chi connectivity index (χ1v) is 8.92. The zero-order valence-electron chi connectivity index (χ0n) is 13.4. The van der Waals surface area contributed by atoms with Gasteiger partial charge in [-0.1, -0.05) is 0 Å². The number of hydrogen-bond donors (Lipinski definition) is 1. The van der Waals surface area contributed by atoms with Gasteiger partial charge in [0.1, 0.15) is 0 Å². The third kappa shape index (κ3) is 3.42. The van der Waals surface area contributed by atoms with E-state index in [2.05, 4.69) is 10.2 Å². The van der Waals surface area contributed by atoms with E-state index in [0.29, 0.717) is 19.1 Å². The topological polar surface area (TPSA) is 41.6 Å². The molecular weight excluding hydrogens is 264 g/mol. The van der Waals surface area contributed by atoms with Gasteiger partial charge in [-0.25, -0.2) is 0 Å². The molecule has 3 saturated heterocycles. The van der Waals surface area contributed by atoms with Crippen molar-refractivity contribution in [2.75, 3.05) is 26.2 Å². The standard InChI is InChI=1S/C17H30N2O2/c1-2-21-16(20)9-3-8-15-14-7-5-11-19-10-4-6-13(12-18-15)17(14)19/h13-15,17-18H,2-12H2,1H3/t13-,14+,15-,17+/m0/s1. The van der Waals surface area contributed by atoms with Crippen molar-refractivity contribution in [1.82, 2.24) is 10.2 Å². The minimum Gasteiger partial charge on any atom is -0.466 e. The quantitative estimate of drug-likeness (QED) is 0.789. The summed E-state index contributed by atoms with van der Waals surface area (Å²) in [4.78, 5) is 14.2. The lowest BCUT2D eigenvalue weighted by atomic mass is 9.70. The molecule has 0 amide bonds. The zero-order chi connectivity index (χ0) is 14.7. The van der Waals surface area contributed by atoms with E-state index in [-0.39, 0.29) is 5.97 Å². The third-order valence-corrected chi connectivity index (χ3v) is 5.71. The molecule has 4 atom stereocenters. The fourth-order valence-corrected chi connectivity index (χ4v) is 4.89. The van der Waals surface area contributed by atoms with Crippen LogP contribution < -0.4 is 5.32 Å². The molecule has 0 spiro atoms. The van der Waals surface area contributed by atoms with Crippen LogP contribution in [0, 0.1) is 11.8 Å². The number of carbonyl (C=O) groups excluding carboxylic acids is 1. The maximum absolute atomic E-state index is 11.5. The molecule has 0 aromatic heterocycles. The van der Waals surface area contributed by atoms with Crippen LogP contribution in [0.4, 0.5) is 0 Å². The number of piperidine rings is 3. The number of esters is 1. The highest BCUT2D eigenvalue weighted by Crippen LogP contribution is 2.39. The summed E-state index contributed by atoms with van der Waals surface area (Å²) < 4.78 is 5.03. The Morgan fingerprint density at radius 2 is 2.10 bits per heavy atom. The Kier molecular flexibility index (Phi) is 5.17. The maximum Gasteiger partial charge on any atom is 0.305 e. The Morgan fingerprint density at radius 1 is 1.29 bits per heavy atom. The summed E-state index contributed by atoms with van der Waals surface area (Å²) in [5.74, 6) is 1.64. The highest BCUT2D eigenvalue weighted by atomic mass is 16.5. The fourth-order valence-electron chi connectivity index (χ4n) is 4.89. The predicted molar refractivity (Wildman–Crippen MR) is 83.1 cm³/mol. The lowest BCUT2D eigenvalue weighted by Gasteiger charge is -2.54. The number of ether oxygens (including phenoxy) is 1. The van der Waals surface area contributed by atoms with Gasteiger partial charge in [-0.15, -0.1) is 0 Å². The van der Waals surface area contributed by atoms with Crippen LogP contribution in [0.15, 0.2) is 0 Å². The molecule has 0 aliphatic carbocycles. The number of rotatable bonds is 5. The van der Waals surface area contributed by atoms with Crippen molar-refractivity contribution in [3.63, 3.8) is 0 Å². The van der Waals surface area contributed by atoms with E-state index in [1.54, 1.807) is 0 Å². The molecule has 120 valence electrons. The first-order chi connectivity index (χ1) is 10.3. The molecule has 0 unspecified atom stereocenters. The van der Waals surface area contributed by atoms with Crippen molar-refractivity contribution in [3.8, 4) is 0 Å². The summed E-state index contributed by atoms with van der Waals surface area (Å²) in [6, 6.07) is 1.43. The second-order valence-corrected chi connectivity index (χ2v) is 6.95. The Hall–Kier alpha value is -0.610. The third-order valence-electron chi connectivity index (χ3n) is 5.71. The van der Waals surface area contributed by atoms with Gasteiger partial charge in [-0.05, 0) is 76.9 Å². The Labute approximate surface area is 128 Å². The van der Waals surface area contributed by atoms with Crippen LogP contribution in [0.5, 0.6) is 0 Å². The maximum atomic E-state index is 11.5. The van der Waals surface area contributed by atoms with Crippen molar-refractivity contribution < 1.29 is 9.53 Å². The molecule has 0 bridgehead atoms. The first-order valence-electron chi connectivity index (χ1n) is 8.92. The first kappa shape index (κ1) is 15.3. The van der Waals surface area contributed by atoms with Crippen molar-refractivity contribution in [1.29, 1.82) is 0 Å². The van der Waals surface area contributed by atoms with E-state index < -0.39 is 0 Å². The van der Waals surface area contributed by atoms with Gasteiger partial charge < -0.3 is 10.1 Å². The lowest BCUT2D eigenvalue weighted by molar-refractivity contribution is -0.143. The van der Waals surface area contributed by atoms with E-state index in [9.17, 15) is 4.79 Å². The predicted octanol–water partition coefficient (Wildman–Crippen LogP) is 2.18. The smallest absolute Gasteiger partial charge is 0.305 e. The summed E-state index contributed by atoms with van der Waals surface area (Å²) in [5.41, 5.74) is 0. The Bertz CT molecular complexity index is 352. The van der Waals surface area contributed by atoms with Crippen molar-refractivity contribution >= 4 is 5.97 Å². The molecule has 0 aromatic carbocycles. The SMILES string of the molecule is CCOC(=O)CCC[C@@H]1NC[C@@H]2CCCN3CCC[C@H]1[C@@H]23. The molecule has 21 heavy (non-hydrogen) atoms. The van der Waals surface area contributed by atoms with Crippen molar-refractivity contribution in [2.24, 2.45) is 11.8 Å². The van der Waals surface area contributed by atoms with Crippen LogP contribution >= 0.6 is 0 Å². The molecule has 3 rings (SSSR count). The van der Waals surface area contributed by atoms with E-state index >= 15 is 0 Å². The minimum absolute atomic E-state index is 0.0332. The van der Waals surface area contributed by atoms with Crippen LogP contribution in [0.1, 0.15) is 51.9 Å². The normalized spacial score (nSPS) is 36.0. The lowest BCUT2D eigenvalue weighted by Crippen LogP contribution is -2.63. The number of carbonyl (C=O) groups is 1. The largest absolute Gasteiger partial charge is 0.466 e. The van der Waals surface area contributed by atoms with Gasteiger partial charge in [-0.3, -0.25) is 9.69 Å². The summed E-state index contributed by atoms with van der Waals surface area (Å²) in [5, 5.41) is 3.80. The van der Waals surface area contributed by atoms with Gasteiger partial charge in [-0.2, -0.15) is 0 Å². The van der Waals surface area contributed by atoms with E-state index in [1.165, 1.54) is 45.3 Å². The highest BCUT2D eigenvalue weighted by molar-refractivity contribution is 5.69. The molecule has 3 aliphatic rings. The van der Waals surface area contributed by atoms with E-state index in [1.807, 2.05) is 6.92 Å². The van der Waals surface area contributed by atoms with Gasteiger partial charge in [0.2, 0.25) is 0 Å². The molecule has 0 aromatic rings. The van der Waals surface area contributed by atoms with Gasteiger partial charge in [0.05, 0.1) is 6.61 Å². The van der Waals surface area contributed by atoms with Gasteiger partial charge in [0.15, 0.2) is 0 Å². The summed E-state index contributed by atoms with van der Waals surface area (Å²) in [6.07, 6.45) is 8.17. The molecule has 0 radical (unpaired) electrons. The molecule has 0 saturated carbocycles. The van der Waals surface area contributed by atoms with Gasteiger partial charge in [0.25, 0.3) is 0 Å². The van der Waals surface area contributed by atoms with Crippen LogP contribution in [-0.2, 0) is 9.53 Å². The number of hydrogen-bond acceptors (Lipinski definition) is 4. The average molecular weight is 294 g/mol. The van der Waals surface area contributed by atoms with E-state index in [0.717, 1.165) is 30.7 Å². The molecular formula is C17H30N2O2. The molecule has 3 aliphatic heterocycles. The van der Waals surface area contributed by atoms with E-state index in [4.69, 9.17) is 4.74 Å². The molecule has 3 fully saturated rings. The Morgan fingerprint density at radius 3 is 2.90 bits per heavy atom. The van der Waals surface area contributed by atoms with Gasteiger partial charge >= 0.3 is 5.97 Å². The second kappa shape index (κ2) is 7.10. The second-order valence-electron chi connectivity index (χ2n) is 6.95. The molecule has 4 heteroatoms. The number of nitrogens with zero attached hydrogens (tertiary/aromatic N) is 1. The summed E-state index contributed by atoms with van der Waals surface area (Å²) in [6.45, 7) is 6.18. The van der Waals surface area contributed by atoms with Crippen LogP contribution in [0.2, 0.25) is 0 Å². The fraction of sp³-hybridized carbons (Fsp3) is 0.941. The Balaban J connectivity index is 1.53. The average Bonchev–Trinajstić information content (AvgIpc) is 2.50. The zero-order valence-corrected chi connectivity index (χ0v) is 13.4. The van der Waals surface area contributed by atoms with Crippen molar-refractivity contribution in [2.45, 2.75) is 64.0 Å². The number of nitrogens with one attached hydrogen (secondary N) is 1. The summed E-state index contributed by atoms with van der Waals surface area (Å²) in [7, 11) is 0. The molecule has 3 heterocycles. The monoisotopic (exact) mass is 294 g/mol. The minimum atomic E-state index is -0.0332. The van der Waals surface area contributed by atoms with Crippen molar-refractivity contribution in [3.05, 3.63) is 0 Å². The van der Waals surface area contributed by atoms with Gasteiger partial charge in [0, 0.05) is 18.5 Å². The molecule has 1 N–H and O–H groups in total. The summed E-state index contributed by atoms with van der Waals surface area (Å²) >= 11 is 0. The molecule has 4 nitrogen and oxygen atoms in total. The van der Waals surface area contributed by atoms with Crippen LogP contribution in [0.3, 0.4) is 0 Å². The van der Waals surface area contributed by atoms with Crippen LogP contribution in [0.25, 0.3) is 0 Å². The van der Waals surface area contributed by atoms with Crippen LogP contribution in [-0.4, -0.2) is 49.2 Å². The highest BCUT2D eigenvalue weighted by Gasteiger charge is 2.45.